The zero-order valence-electron chi connectivity index (χ0n) is 10.8. The Morgan fingerprint density at radius 1 is 1.44 bits per heavy atom. The number of benzene rings is 1. The van der Waals surface area contributed by atoms with Crippen LogP contribution in [0.5, 0.6) is 0 Å². The Morgan fingerprint density at radius 3 is 2.72 bits per heavy atom. The van der Waals surface area contributed by atoms with Gasteiger partial charge in [-0.25, -0.2) is 0 Å². The molecule has 1 heterocycles. The fraction of sp³-hybridized carbons (Fsp3) is 0.500. The number of carboxylic acid groups (broad SMARTS) is 1. The highest BCUT2D eigenvalue weighted by atomic mass is 16.5. The Morgan fingerprint density at radius 2 is 2.11 bits per heavy atom. The van der Waals surface area contributed by atoms with Gasteiger partial charge in [-0.15, -0.1) is 0 Å². The average molecular weight is 249 g/mol. The quantitative estimate of drug-likeness (QED) is 0.886. The van der Waals surface area contributed by atoms with Gasteiger partial charge in [0.2, 0.25) is 0 Å². The lowest BCUT2D eigenvalue weighted by molar-refractivity contribution is -0.151. The maximum Gasteiger partial charge on any atom is 0.320 e. The molecule has 0 bridgehead atoms. The lowest BCUT2D eigenvalue weighted by atomic mass is 9.93. The number of aliphatic carboxylic acids is 1. The molecule has 1 N–H and O–H groups in total. The number of morpholine rings is 1. The molecule has 1 fully saturated rings. The summed E-state index contributed by atoms with van der Waals surface area (Å²) < 4.78 is 5.88. The second kappa shape index (κ2) is 5.08. The van der Waals surface area contributed by atoms with Gasteiger partial charge in [-0.1, -0.05) is 30.3 Å². The van der Waals surface area contributed by atoms with Crippen molar-refractivity contribution in [3.63, 3.8) is 0 Å². The van der Waals surface area contributed by atoms with E-state index in [0.717, 1.165) is 5.56 Å². The lowest BCUT2D eigenvalue weighted by Gasteiger charge is -2.42. The zero-order valence-corrected chi connectivity index (χ0v) is 10.8. The minimum Gasteiger partial charge on any atom is -0.480 e. The van der Waals surface area contributed by atoms with Gasteiger partial charge in [-0.2, -0.15) is 0 Å². The average Bonchev–Trinajstić information content (AvgIpc) is 2.39. The molecule has 1 saturated heterocycles. The molecule has 0 saturated carbocycles. The monoisotopic (exact) mass is 249 g/mol. The highest BCUT2D eigenvalue weighted by Crippen LogP contribution is 2.29. The fourth-order valence-corrected chi connectivity index (χ4v) is 2.35. The molecular formula is C14H19NO3. The first kappa shape index (κ1) is 13.1. The fourth-order valence-electron chi connectivity index (χ4n) is 2.35. The van der Waals surface area contributed by atoms with Crippen LogP contribution in [-0.2, 0) is 15.1 Å². The predicted octanol–water partition coefficient (Wildman–Crippen LogP) is 1.71. The van der Waals surface area contributed by atoms with Gasteiger partial charge < -0.3 is 9.84 Å². The molecule has 0 radical (unpaired) electrons. The van der Waals surface area contributed by atoms with Crippen molar-refractivity contribution in [1.29, 1.82) is 0 Å². The summed E-state index contributed by atoms with van der Waals surface area (Å²) in [6.07, 6.45) is 0. The highest BCUT2D eigenvalue weighted by Gasteiger charge is 2.36. The standard InChI is InChI=1S/C14H19NO3/c1-11(13(16)17)15-8-9-18-14(2,10-15)12-6-4-3-5-7-12/h3-7,11H,8-10H2,1-2H3,(H,16,17)/t11-,14-/m0/s1. The van der Waals surface area contributed by atoms with Crippen molar-refractivity contribution in [1.82, 2.24) is 4.90 Å². The third-order valence-electron chi connectivity index (χ3n) is 3.59. The van der Waals surface area contributed by atoms with E-state index in [1.54, 1.807) is 6.92 Å². The molecule has 0 aromatic heterocycles. The van der Waals surface area contributed by atoms with E-state index in [9.17, 15) is 4.79 Å². The first-order valence-corrected chi connectivity index (χ1v) is 6.19. The van der Waals surface area contributed by atoms with Crippen LogP contribution >= 0.6 is 0 Å². The van der Waals surface area contributed by atoms with Crippen LogP contribution < -0.4 is 0 Å². The van der Waals surface area contributed by atoms with Crippen LogP contribution in [0.4, 0.5) is 0 Å². The van der Waals surface area contributed by atoms with Crippen molar-refractivity contribution in [2.24, 2.45) is 0 Å². The Hall–Kier alpha value is -1.39. The van der Waals surface area contributed by atoms with E-state index in [0.29, 0.717) is 19.7 Å². The second-order valence-electron chi connectivity index (χ2n) is 4.93. The van der Waals surface area contributed by atoms with Crippen molar-refractivity contribution >= 4 is 5.97 Å². The van der Waals surface area contributed by atoms with E-state index >= 15 is 0 Å². The molecule has 0 unspecified atom stereocenters. The molecule has 1 aromatic rings. The van der Waals surface area contributed by atoms with Gasteiger partial charge in [-0.3, -0.25) is 9.69 Å². The summed E-state index contributed by atoms with van der Waals surface area (Å²) in [5, 5.41) is 9.09. The maximum absolute atomic E-state index is 11.1. The molecule has 18 heavy (non-hydrogen) atoms. The third kappa shape index (κ3) is 2.54. The van der Waals surface area contributed by atoms with Crippen molar-refractivity contribution in [3.05, 3.63) is 35.9 Å². The molecule has 2 atom stereocenters. The van der Waals surface area contributed by atoms with Gasteiger partial charge >= 0.3 is 5.97 Å². The van der Waals surface area contributed by atoms with E-state index in [1.807, 2.05) is 42.2 Å². The largest absolute Gasteiger partial charge is 0.480 e. The normalized spacial score (nSPS) is 26.8. The van der Waals surface area contributed by atoms with E-state index in [1.165, 1.54) is 0 Å². The van der Waals surface area contributed by atoms with Crippen LogP contribution in [0.1, 0.15) is 19.4 Å². The molecule has 1 aliphatic rings. The summed E-state index contributed by atoms with van der Waals surface area (Å²) in [4.78, 5) is 13.0. The Kier molecular flexibility index (Phi) is 3.68. The molecule has 4 nitrogen and oxygen atoms in total. The summed E-state index contributed by atoms with van der Waals surface area (Å²) in [6.45, 7) is 5.56. The number of rotatable bonds is 3. The van der Waals surface area contributed by atoms with E-state index < -0.39 is 17.6 Å². The summed E-state index contributed by atoms with van der Waals surface area (Å²) in [5.41, 5.74) is 0.663. The van der Waals surface area contributed by atoms with Gasteiger partial charge in [-0.05, 0) is 19.4 Å². The summed E-state index contributed by atoms with van der Waals surface area (Å²) in [6, 6.07) is 9.49. The first-order valence-electron chi connectivity index (χ1n) is 6.19. The van der Waals surface area contributed by atoms with Crippen LogP contribution in [0.2, 0.25) is 0 Å². The smallest absolute Gasteiger partial charge is 0.320 e. The third-order valence-corrected chi connectivity index (χ3v) is 3.59. The van der Waals surface area contributed by atoms with Gasteiger partial charge in [0, 0.05) is 13.1 Å². The van der Waals surface area contributed by atoms with Crippen molar-refractivity contribution in [2.75, 3.05) is 19.7 Å². The molecular weight excluding hydrogens is 230 g/mol. The lowest BCUT2D eigenvalue weighted by Crippen LogP contribution is -2.53. The highest BCUT2D eigenvalue weighted by molar-refractivity contribution is 5.72. The maximum atomic E-state index is 11.1. The van der Waals surface area contributed by atoms with Crippen molar-refractivity contribution in [3.8, 4) is 0 Å². The minimum absolute atomic E-state index is 0.427. The number of nitrogens with zero attached hydrogens (tertiary/aromatic N) is 1. The van der Waals surface area contributed by atoms with Crippen LogP contribution in [0.25, 0.3) is 0 Å². The molecule has 0 aliphatic carbocycles. The SMILES string of the molecule is C[C@@H](C(=O)O)N1CCO[C@](C)(c2ccccc2)C1. The van der Waals surface area contributed by atoms with Crippen LogP contribution in [-0.4, -0.2) is 41.7 Å². The van der Waals surface area contributed by atoms with Gasteiger partial charge in [0.25, 0.3) is 0 Å². The van der Waals surface area contributed by atoms with Gasteiger partial charge in [0.1, 0.15) is 11.6 Å². The molecule has 1 aliphatic heterocycles. The molecule has 2 rings (SSSR count). The molecule has 98 valence electrons. The van der Waals surface area contributed by atoms with Gasteiger partial charge in [0.05, 0.1) is 6.61 Å². The van der Waals surface area contributed by atoms with Crippen molar-refractivity contribution < 1.29 is 14.6 Å². The van der Waals surface area contributed by atoms with Gasteiger partial charge in [0.15, 0.2) is 0 Å². The number of carbonyl (C=O) groups is 1. The Balaban J connectivity index is 2.17. The number of hydrogen-bond acceptors (Lipinski definition) is 3. The number of ether oxygens (including phenoxy) is 1. The van der Waals surface area contributed by atoms with Crippen molar-refractivity contribution in [2.45, 2.75) is 25.5 Å². The number of carboxylic acids is 1. The molecule has 4 heteroatoms. The number of hydrogen-bond donors (Lipinski definition) is 1. The molecule has 1 aromatic carbocycles. The van der Waals surface area contributed by atoms with E-state index in [4.69, 9.17) is 9.84 Å². The van der Waals surface area contributed by atoms with Crippen LogP contribution in [0.3, 0.4) is 0 Å². The summed E-state index contributed by atoms with van der Waals surface area (Å²) in [7, 11) is 0. The van der Waals surface area contributed by atoms with Crippen LogP contribution in [0, 0.1) is 0 Å². The predicted molar refractivity (Wildman–Crippen MR) is 68.4 cm³/mol. The zero-order chi connectivity index (χ0) is 13.2. The first-order chi connectivity index (χ1) is 8.53. The summed E-state index contributed by atoms with van der Waals surface area (Å²) in [5.74, 6) is -0.785. The second-order valence-corrected chi connectivity index (χ2v) is 4.93. The van der Waals surface area contributed by atoms with E-state index in [2.05, 4.69) is 0 Å². The molecule has 0 spiro atoms. The topological polar surface area (TPSA) is 49.8 Å². The molecule has 0 amide bonds. The van der Waals surface area contributed by atoms with E-state index in [-0.39, 0.29) is 0 Å². The Labute approximate surface area is 107 Å². The Bertz CT molecular complexity index is 420. The minimum atomic E-state index is -0.785. The summed E-state index contributed by atoms with van der Waals surface area (Å²) >= 11 is 0. The van der Waals surface area contributed by atoms with Crippen LogP contribution in [0.15, 0.2) is 30.3 Å².